The van der Waals surface area contributed by atoms with Crippen molar-refractivity contribution in [3.63, 3.8) is 0 Å². The van der Waals surface area contributed by atoms with Crippen LogP contribution in [-0.2, 0) is 11.0 Å². The fraction of sp³-hybridized carbons (Fsp3) is 0.364. The van der Waals surface area contributed by atoms with Gasteiger partial charge in [-0.2, -0.15) is 0 Å². The Hall–Kier alpha value is -2.15. The second-order valence-corrected chi connectivity index (χ2v) is 13.9. The second kappa shape index (κ2) is 7.93. The SMILES string of the molecule is CC(C)(C)[Si](C)(C)OCCn1c(C(=O)O)c(-c2ccc(Cl)cc2)c2ncccc21. The fourth-order valence-corrected chi connectivity index (χ4v) is 4.29. The fourth-order valence-electron chi connectivity index (χ4n) is 3.13. The van der Waals surface area contributed by atoms with E-state index in [0.717, 1.165) is 11.1 Å². The molecule has 7 heteroatoms. The van der Waals surface area contributed by atoms with Crippen LogP contribution in [0.3, 0.4) is 0 Å². The van der Waals surface area contributed by atoms with Crippen LogP contribution in [0.1, 0.15) is 31.3 Å². The number of pyridine rings is 1. The third-order valence-electron chi connectivity index (χ3n) is 5.74. The first kappa shape index (κ1) is 21.6. The maximum atomic E-state index is 12.3. The van der Waals surface area contributed by atoms with Gasteiger partial charge in [-0.05, 0) is 48.0 Å². The van der Waals surface area contributed by atoms with E-state index >= 15 is 0 Å². The molecule has 1 N–H and O–H groups in total. The molecule has 3 rings (SSSR count). The van der Waals surface area contributed by atoms with Crippen LogP contribution < -0.4 is 0 Å². The van der Waals surface area contributed by atoms with Crippen molar-refractivity contribution in [2.75, 3.05) is 6.61 Å². The Morgan fingerprint density at radius 3 is 2.45 bits per heavy atom. The predicted molar refractivity (Wildman–Crippen MR) is 120 cm³/mol. The summed E-state index contributed by atoms with van der Waals surface area (Å²) in [4.78, 5) is 16.8. The summed E-state index contributed by atoms with van der Waals surface area (Å²) in [6.45, 7) is 11.9. The largest absolute Gasteiger partial charge is 0.477 e. The number of carbonyl (C=O) groups is 1. The average Bonchev–Trinajstić information content (AvgIpc) is 2.96. The normalized spacial score (nSPS) is 12.5. The molecule has 2 heterocycles. The van der Waals surface area contributed by atoms with Gasteiger partial charge in [0.05, 0.1) is 17.6 Å². The van der Waals surface area contributed by atoms with Crippen molar-refractivity contribution in [3.8, 4) is 11.1 Å². The number of hydrogen-bond donors (Lipinski definition) is 1. The van der Waals surface area contributed by atoms with Gasteiger partial charge < -0.3 is 14.1 Å². The maximum Gasteiger partial charge on any atom is 0.353 e. The van der Waals surface area contributed by atoms with E-state index in [1.165, 1.54) is 0 Å². The van der Waals surface area contributed by atoms with Gasteiger partial charge in [0.15, 0.2) is 8.32 Å². The van der Waals surface area contributed by atoms with E-state index in [9.17, 15) is 9.90 Å². The minimum Gasteiger partial charge on any atom is -0.477 e. The molecular weight excluding hydrogens is 404 g/mol. The van der Waals surface area contributed by atoms with Crippen LogP contribution in [-0.4, -0.2) is 35.6 Å². The molecule has 0 amide bonds. The molecule has 0 atom stereocenters. The number of halogens is 1. The van der Waals surface area contributed by atoms with Crippen LogP contribution in [0, 0.1) is 0 Å². The molecule has 0 aliphatic heterocycles. The van der Waals surface area contributed by atoms with Crippen LogP contribution in [0.4, 0.5) is 0 Å². The molecule has 0 radical (unpaired) electrons. The molecule has 1 aromatic carbocycles. The lowest BCUT2D eigenvalue weighted by atomic mass is 10.0. The molecular formula is C22H27ClN2O3Si. The quantitative estimate of drug-likeness (QED) is 0.481. The highest BCUT2D eigenvalue weighted by atomic mass is 35.5. The average molecular weight is 431 g/mol. The lowest BCUT2D eigenvalue weighted by Crippen LogP contribution is -2.41. The highest BCUT2D eigenvalue weighted by molar-refractivity contribution is 6.74. The van der Waals surface area contributed by atoms with Gasteiger partial charge in [0.25, 0.3) is 0 Å². The minimum atomic E-state index is -1.93. The van der Waals surface area contributed by atoms with Gasteiger partial charge in [0.2, 0.25) is 0 Å². The van der Waals surface area contributed by atoms with E-state index in [-0.39, 0.29) is 10.7 Å². The lowest BCUT2D eigenvalue weighted by Gasteiger charge is -2.36. The number of rotatable bonds is 6. The van der Waals surface area contributed by atoms with E-state index in [1.54, 1.807) is 18.3 Å². The van der Waals surface area contributed by atoms with Crippen molar-refractivity contribution in [1.82, 2.24) is 9.55 Å². The van der Waals surface area contributed by atoms with Gasteiger partial charge in [-0.15, -0.1) is 0 Å². The molecule has 29 heavy (non-hydrogen) atoms. The second-order valence-electron chi connectivity index (χ2n) is 8.67. The number of aromatic nitrogens is 2. The third-order valence-corrected chi connectivity index (χ3v) is 10.5. The predicted octanol–water partition coefficient (Wildman–Crippen LogP) is 6.08. The van der Waals surface area contributed by atoms with E-state index in [4.69, 9.17) is 16.0 Å². The van der Waals surface area contributed by atoms with Gasteiger partial charge in [-0.1, -0.05) is 44.5 Å². The Balaban J connectivity index is 2.07. The van der Waals surface area contributed by atoms with Crippen molar-refractivity contribution in [1.29, 1.82) is 0 Å². The number of fused-ring (bicyclic) bond motifs is 1. The number of hydrogen-bond acceptors (Lipinski definition) is 3. The third kappa shape index (κ3) is 4.24. The molecule has 0 aliphatic carbocycles. The summed E-state index contributed by atoms with van der Waals surface area (Å²) >= 11 is 6.02. The molecule has 0 spiro atoms. The van der Waals surface area contributed by atoms with Crippen LogP contribution in [0.2, 0.25) is 23.2 Å². The number of carboxylic acid groups (broad SMARTS) is 1. The van der Waals surface area contributed by atoms with Crippen LogP contribution >= 0.6 is 11.6 Å². The highest BCUT2D eigenvalue weighted by Crippen LogP contribution is 2.37. The first-order valence-corrected chi connectivity index (χ1v) is 12.9. The first-order valence-electron chi connectivity index (χ1n) is 9.63. The Labute approximate surface area is 177 Å². The zero-order valence-electron chi connectivity index (χ0n) is 17.5. The summed E-state index contributed by atoms with van der Waals surface area (Å²) in [6, 6.07) is 10.9. The molecule has 0 saturated carbocycles. The zero-order valence-corrected chi connectivity index (χ0v) is 19.2. The van der Waals surface area contributed by atoms with E-state index in [0.29, 0.717) is 29.3 Å². The molecule has 0 unspecified atom stereocenters. The molecule has 0 fully saturated rings. The molecule has 0 bridgehead atoms. The molecule has 3 aromatic rings. The summed E-state index contributed by atoms with van der Waals surface area (Å²) in [5, 5.41) is 10.7. The highest BCUT2D eigenvalue weighted by Gasteiger charge is 2.37. The summed E-state index contributed by atoms with van der Waals surface area (Å²) in [7, 11) is -1.93. The van der Waals surface area contributed by atoms with Gasteiger partial charge in [-0.3, -0.25) is 4.98 Å². The number of nitrogens with zero attached hydrogens (tertiary/aromatic N) is 2. The lowest BCUT2D eigenvalue weighted by molar-refractivity contribution is 0.0685. The van der Waals surface area contributed by atoms with E-state index in [2.05, 4.69) is 38.8 Å². The van der Waals surface area contributed by atoms with E-state index < -0.39 is 14.3 Å². The summed E-state index contributed by atoms with van der Waals surface area (Å²) in [6.07, 6.45) is 1.68. The summed E-state index contributed by atoms with van der Waals surface area (Å²) < 4.78 is 8.11. The number of carboxylic acids is 1. The topological polar surface area (TPSA) is 64.3 Å². The monoisotopic (exact) mass is 430 g/mol. The van der Waals surface area contributed by atoms with Crippen LogP contribution in [0.25, 0.3) is 22.2 Å². The smallest absolute Gasteiger partial charge is 0.353 e. The Bertz CT molecular complexity index is 1040. The molecule has 154 valence electrons. The molecule has 0 aliphatic rings. The van der Waals surface area contributed by atoms with Crippen molar-refractivity contribution >= 4 is 36.9 Å². The first-order chi connectivity index (χ1) is 13.5. The van der Waals surface area contributed by atoms with Crippen molar-refractivity contribution in [3.05, 3.63) is 53.3 Å². The zero-order chi connectivity index (χ0) is 21.4. The van der Waals surface area contributed by atoms with E-state index in [1.807, 2.05) is 28.8 Å². The van der Waals surface area contributed by atoms with Gasteiger partial charge in [0, 0.05) is 23.3 Å². The molecule has 0 saturated heterocycles. The van der Waals surface area contributed by atoms with Gasteiger partial charge >= 0.3 is 5.97 Å². The van der Waals surface area contributed by atoms with Crippen molar-refractivity contribution in [2.45, 2.75) is 45.4 Å². The molecule has 5 nitrogen and oxygen atoms in total. The minimum absolute atomic E-state index is 0.0946. The standard InChI is InChI=1S/C22H27ClN2O3Si/c1-22(2,3)29(4,5)28-14-13-25-17-7-6-12-24-19(17)18(20(25)21(26)27)15-8-10-16(23)11-9-15/h6-12H,13-14H2,1-5H3,(H,26,27). The van der Waals surface area contributed by atoms with Gasteiger partial charge in [0.1, 0.15) is 5.69 Å². The van der Waals surface area contributed by atoms with Crippen LogP contribution in [0.15, 0.2) is 42.6 Å². The van der Waals surface area contributed by atoms with Gasteiger partial charge in [-0.25, -0.2) is 4.79 Å². The number of benzene rings is 1. The number of aromatic carboxylic acids is 1. The van der Waals surface area contributed by atoms with Crippen molar-refractivity contribution < 1.29 is 14.3 Å². The van der Waals surface area contributed by atoms with Crippen molar-refractivity contribution in [2.24, 2.45) is 0 Å². The molecule has 2 aromatic heterocycles. The Kier molecular flexibility index (Phi) is 5.90. The summed E-state index contributed by atoms with van der Waals surface area (Å²) in [5.41, 5.74) is 3.06. The Morgan fingerprint density at radius 1 is 1.21 bits per heavy atom. The Morgan fingerprint density at radius 2 is 1.86 bits per heavy atom. The summed E-state index contributed by atoms with van der Waals surface area (Å²) in [5.74, 6) is -0.986. The van der Waals surface area contributed by atoms with Crippen LogP contribution in [0.5, 0.6) is 0 Å². The maximum absolute atomic E-state index is 12.3.